The number of carbonyl (C=O) groups excluding carboxylic acids is 3. The lowest BCUT2D eigenvalue weighted by Crippen LogP contribution is -2.41. The zero-order valence-corrected chi connectivity index (χ0v) is 15.8. The van der Waals surface area contributed by atoms with E-state index < -0.39 is 24.5 Å². The van der Waals surface area contributed by atoms with Crippen LogP contribution in [0.1, 0.15) is 23.7 Å². The van der Waals surface area contributed by atoms with Crippen LogP contribution in [0.5, 0.6) is 0 Å². The quantitative estimate of drug-likeness (QED) is 0.622. The van der Waals surface area contributed by atoms with E-state index in [2.05, 4.69) is 10.3 Å². The molecular weight excluding hydrogens is 393 g/mol. The highest BCUT2D eigenvalue weighted by Crippen LogP contribution is 2.31. The van der Waals surface area contributed by atoms with Crippen LogP contribution in [0.3, 0.4) is 0 Å². The number of pyridine rings is 1. The molecule has 1 aliphatic rings. The molecule has 0 fully saturated rings. The van der Waals surface area contributed by atoms with Crippen molar-refractivity contribution in [2.24, 2.45) is 0 Å². The van der Waals surface area contributed by atoms with Crippen LogP contribution in [0.4, 0.5) is 11.4 Å². The number of para-hydroxylation sites is 2. The Labute approximate surface area is 165 Å². The highest BCUT2D eigenvalue weighted by molar-refractivity contribution is 6.41. The standard InChI is InChI=1S/C18H15Cl2N3O4/c1-10-6-15(24)22-13-4-2-3-5-14(13)23(10)16(25)9-27-18(26)11-7-12(19)17(20)21-8-11/h2-5,7-8,10H,6,9H2,1H3,(H,22,24)/t10-/m0/s1. The van der Waals surface area contributed by atoms with Crippen molar-refractivity contribution in [3.05, 3.63) is 52.3 Å². The lowest BCUT2D eigenvalue weighted by molar-refractivity contribution is -0.122. The molecule has 140 valence electrons. The summed E-state index contributed by atoms with van der Waals surface area (Å²) in [7, 11) is 0. The number of nitrogens with zero attached hydrogens (tertiary/aromatic N) is 2. The molecule has 0 unspecified atom stereocenters. The summed E-state index contributed by atoms with van der Waals surface area (Å²) in [5, 5.41) is 2.94. The molecule has 1 aromatic carbocycles. The number of esters is 1. The van der Waals surface area contributed by atoms with Gasteiger partial charge in [-0.05, 0) is 25.1 Å². The number of nitrogens with one attached hydrogen (secondary N) is 1. The zero-order chi connectivity index (χ0) is 19.6. The third-order valence-electron chi connectivity index (χ3n) is 3.99. The smallest absolute Gasteiger partial charge is 0.340 e. The van der Waals surface area contributed by atoms with E-state index in [0.29, 0.717) is 11.4 Å². The van der Waals surface area contributed by atoms with Crippen molar-refractivity contribution in [1.82, 2.24) is 4.98 Å². The number of amides is 2. The lowest BCUT2D eigenvalue weighted by Gasteiger charge is -2.27. The Balaban J connectivity index is 1.76. The van der Waals surface area contributed by atoms with Gasteiger partial charge < -0.3 is 15.0 Å². The highest BCUT2D eigenvalue weighted by atomic mass is 35.5. The molecule has 1 N–H and O–H groups in total. The van der Waals surface area contributed by atoms with Gasteiger partial charge in [-0.1, -0.05) is 35.3 Å². The lowest BCUT2D eigenvalue weighted by atomic mass is 10.1. The van der Waals surface area contributed by atoms with E-state index in [4.69, 9.17) is 27.9 Å². The van der Waals surface area contributed by atoms with Gasteiger partial charge in [0, 0.05) is 18.7 Å². The number of ether oxygens (including phenoxy) is 1. The predicted molar refractivity (Wildman–Crippen MR) is 101 cm³/mol. The fraction of sp³-hybridized carbons (Fsp3) is 0.222. The molecule has 0 aliphatic carbocycles. The van der Waals surface area contributed by atoms with E-state index in [1.54, 1.807) is 31.2 Å². The fourth-order valence-corrected chi connectivity index (χ4v) is 3.05. The van der Waals surface area contributed by atoms with Crippen molar-refractivity contribution in [2.75, 3.05) is 16.8 Å². The van der Waals surface area contributed by atoms with Crippen molar-refractivity contribution < 1.29 is 19.1 Å². The molecule has 0 radical (unpaired) electrons. The van der Waals surface area contributed by atoms with Gasteiger partial charge in [-0.3, -0.25) is 9.59 Å². The molecule has 2 aromatic rings. The Bertz CT molecular complexity index is 919. The van der Waals surface area contributed by atoms with E-state index in [1.165, 1.54) is 17.2 Å². The molecule has 0 saturated heterocycles. The van der Waals surface area contributed by atoms with Gasteiger partial charge in [0.05, 0.1) is 22.0 Å². The molecule has 3 rings (SSSR count). The number of aromatic nitrogens is 1. The number of rotatable bonds is 3. The van der Waals surface area contributed by atoms with Crippen molar-refractivity contribution in [1.29, 1.82) is 0 Å². The number of carbonyl (C=O) groups is 3. The molecule has 1 atom stereocenters. The molecule has 27 heavy (non-hydrogen) atoms. The average Bonchev–Trinajstić information content (AvgIpc) is 2.76. The van der Waals surface area contributed by atoms with Crippen molar-refractivity contribution in [3.8, 4) is 0 Å². The second kappa shape index (κ2) is 7.94. The molecule has 1 aliphatic heterocycles. The number of halogens is 2. The molecule has 0 saturated carbocycles. The Hall–Kier alpha value is -2.64. The summed E-state index contributed by atoms with van der Waals surface area (Å²) in [6.07, 6.45) is 1.35. The van der Waals surface area contributed by atoms with E-state index in [1.807, 2.05) is 0 Å². The first-order valence-electron chi connectivity index (χ1n) is 8.06. The zero-order valence-electron chi connectivity index (χ0n) is 14.2. The van der Waals surface area contributed by atoms with E-state index >= 15 is 0 Å². The van der Waals surface area contributed by atoms with Crippen LogP contribution in [0.2, 0.25) is 10.2 Å². The van der Waals surface area contributed by atoms with Gasteiger partial charge in [0.2, 0.25) is 5.91 Å². The minimum absolute atomic E-state index is 0.0662. The summed E-state index contributed by atoms with van der Waals surface area (Å²) < 4.78 is 5.09. The van der Waals surface area contributed by atoms with E-state index in [0.717, 1.165) is 0 Å². The number of hydrogen-bond donors (Lipinski definition) is 1. The molecule has 1 aromatic heterocycles. The maximum atomic E-state index is 12.7. The molecular formula is C18H15Cl2N3O4. The maximum Gasteiger partial charge on any atom is 0.340 e. The van der Waals surface area contributed by atoms with Crippen molar-refractivity contribution in [3.63, 3.8) is 0 Å². The van der Waals surface area contributed by atoms with Gasteiger partial charge in [0.15, 0.2) is 6.61 Å². The van der Waals surface area contributed by atoms with Gasteiger partial charge >= 0.3 is 5.97 Å². The summed E-state index contributed by atoms with van der Waals surface area (Å²) >= 11 is 11.5. The first-order chi connectivity index (χ1) is 12.9. The van der Waals surface area contributed by atoms with Crippen LogP contribution in [-0.4, -0.2) is 35.4 Å². The summed E-state index contributed by atoms with van der Waals surface area (Å²) in [6, 6.07) is 7.87. The minimum atomic E-state index is -0.751. The first kappa shape index (κ1) is 19.1. The largest absolute Gasteiger partial charge is 0.452 e. The number of anilines is 2. The molecule has 0 spiro atoms. The average molecular weight is 408 g/mol. The van der Waals surface area contributed by atoms with Gasteiger partial charge in [0.25, 0.3) is 5.91 Å². The van der Waals surface area contributed by atoms with Crippen LogP contribution in [0, 0.1) is 0 Å². The summed E-state index contributed by atoms with van der Waals surface area (Å²) in [4.78, 5) is 42.1. The second-order valence-electron chi connectivity index (χ2n) is 5.95. The predicted octanol–water partition coefficient (Wildman–Crippen LogP) is 3.31. The second-order valence-corrected chi connectivity index (χ2v) is 6.72. The van der Waals surface area contributed by atoms with Crippen molar-refractivity contribution in [2.45, 2.75) is 19.4 Å². The Morgan fingerprint density at radius 3 is 2.81 bits per heavy atom. The third kappa shape index (κ3) is 4.20. The van der Waals surface area contributed by atoms with Gasteiger partial charge in [-0.15, -0.1) is 0 Å². The van der Waals surface area contributed by atoms with Crippen LogP contribution < -0.4 is 10.2 Å². The molecule has 2 amide bonds. The van der Waals surface area contributed by atoms with Crippen molar-refractivity contribution >= 4 is 52.4 Å². The molecule has 2 heterocycles. The number of benzene rings is 1. The monoisotopic (exact) mass is 407 g/mol. The third-order valence-corrected chi connectivity index (χ3v) is 4.67. The van der Waals surface area contributed by atoms with Crippen LogP contribution in [0.15, 0.2) is 36.5 Å². The van der Waals surface area contributed by atoms with Crippen LogP contribution in [0.25, 0.3) is 0 Å². The summed E-state index contributed by atoms with van der Waals surface area (Å²) in [5.41, 5.74) is 1.16. The first-order valence-corrected chi connectivity index (χ1v) is 8.81. The Morgan fingerprint density at radius 1 is 1.33 bits per heavy atom. The SMILES string of the molecule is C[C@H]1CC(=O)Nc2ccccc2N1C(=O)COC(=O)c1cnc(Cl)c(Cl)c1. The Kier molecular flexibility index (Phi) is 5.62. The van der Waals surface area contributed by atoms with Crippen LogP contribution in [-0.2, 0) is 14.3 Å². The summed E-state index contributed by atoms with van der Waals surface area (Å²) in [5.74, 6) is -1.39. The van der Waals surface area contributed by atoms with Crippen LogP contribution >= 0.6 is 23.2 Å². The molecule has 0 bridgehead atoms. The van der Waals surface area contributed by atoms with Gasteiger partial charge in [-0.2, -0.15) is 0 Å². The van der Waals surface area contributed by atoms with Gasteiger partial charge in [-0.25, -0.2) is 9.78 Å². The minimum Gasteiger partial charge on any atom is -0.452 e. The number of fused-ring (bicyclic) bond motifs is 1. The summed E-state index contributed by atoms with van der Waals surface area (Å²) in [6.45, 7) is 1.26. The van der Waals surface area contributed by atoms with E-state index in [9.17, 15) is 14.4 Å². The highest BCUT2D eigenvalue weighted by Gasteiger charge is 2.30. The van der Waals surface area contributed by atoms with Gasteiger partial charge in [0.1, 0.15) is 5.15 Å². The number of hydrogen-bond acceptors (Lipinski definition) is 5. The normalized spacial score (nSPS) is 16.2. The molecule has 9 heteroatoms. The molecule has 7 nitrogen and oxygen atoms in total. The fourth-order valence-electron chi connectivity index (χ4n) is 2.78. The maximum absolute atomic E-state index is 12.7. The van der Waals surface area contributed by atoms with E-state index in [-0.39, 0.29) is 28.1 Å². The Morgan fingerprint density at radius 2 is 2.07 bits per heavy atom. The topological polar surface area (TPSA) is 88.6 Å².